The van der Waals surface area contributed by atoms with Crippen LogP contribution in [0.3, 0.4) is 0 Å². The molecule has 1 aliphatic rings. The zero-order chi connectivity index (χ0) is 22.1. The van der Waals surface area contributed by atoms with Crippen molar-refractivity contribution in [2.75, 3.05) is 13.7 Å². The third-order valence-corrected chi connectivity index (χ3v) is 5.69. The van der Waals surface area contributed by atoms with Crippen LogP contribution in [0, 0.1) is 6.92 Å². The smallest absolute Gasteiger partial charge is 0.253 e. The second kappa shape index (κ2) is 8.26. The van der Waals surface area contributed by atoms with Crippen molar-refractivity contribution in [2.24, 2.45) is 0 Å². The summed E-state index contributed by atoms with van der Waals surface area (Å²) in [6, 6.07) is 15.6. The molecular formula is C25H22N4O3. The predicted octanol–water partition coefficient (Wildman–Crippen LogP) is 4.26. The summed E-state index contributed by atoms with van der Waals surface area (Å²) in [4.78, 5) is 17.4. The number of aromatic nitrogens is 3. The Balaban J connectivity index is 1.55. The molecule has 1 aliphatic heterocycles. The van der Waals surface area contributed by atoms with Gasteiger partial charge in [-0.15, -0.1) is 0 Å². The molecule has 0 saturated carbocycles. The van der Waals surface area contributed by atoms with Crippen LogP contribution < -0.4 is 14.8 Å². The summed E-state index contributed by atoms with van der Waals surface area (Å²) in [6.45, 7) is 2.51. The predicted molar refractivity (Wildman–Crippen MR) is 121 cm³/mol. The van der Waals surface area contributed by atoms with E-state index in [9.17, 15) is 4.79 Å². The minimum absolute atomic E-state index is 0.163. The Bertz CT molecular complexity index is 1310. The zero-order valence-corrected chi connectivity index (χ0v) is 17.8. The highest BCUT2D eigenvalue weighted by molar-refractivity contribution is 5.98. The summed E-state index contributed by atoms with van der Waals surface area (Å²) in [6.07, 6.45) is 3.66. The van der Waals surface area contributed by atoms with E-state index in [0.717, 1.165) is 44.8 Å². The maximum absolute atomic E-state index is 12.7. The molecule has 2 aromatic carbocycles. The Morgan fingerprint density at radius 3 is 2.84 bits per heavy atom. The number of nitrogens with zero attached hydrogens (tertiary/aromatic N) is 3. The molecule has 160 valence electrons. The van der Waals surface area contributed by atoms with E-state index in [4.69, 9.17) is 14.5 Å². The van der Waals surface area contributed by atoms with Crippen LogP contribution in [-0.4, -0.2) is 34.8 Å². The lowest BCUT2D eigenvalue weighted by Gasteiger charge is -2.27. The molecule has 7 heteroatoms. The van der Waals surface area contributed by atoms with Crippen molar-refractivity contribution in [2.45, 2.75) is 19.4 Å². The maximum Gasteiger partial charge on any atom is 0.253 e. The Hall–Kier alpha value is -4.00. The minimum atomic E-state index is -0.183. The highest BCUT2D eigenvalue weighted by Gasteiger charge is 2.24. The number of aryl methyl sites for hydroxylation is 1. The van der Waals surface area contributed by atoms with E-state index in [1.165, 1.54) is 12.4 Å². The quantitative estimate of drug-likeness (QED) is 0.525. The fourth-order valence-corrected chi connectivity index (χ4v) is 4.08. The number of methoxy groups -OCH3 is 1. The van der Waals surface area contributed by atoms with Gasteiger partial charge in [-0.3, -0.25) is 4.79 Å². The third kappa shape index (κ3) is 3.62. The Kier molecular flexibility index (Phi) is 5.15. The van der Waals surface area contributed by atoms with E-state index < -0.39 is 0 Å². The van der Waals surface area contributed by atoms with Crippen molar-refractivity contribution in [3.63, 3.8) is 0 Å². The highest BCUT2D eigenvalue weighted by atomic mass is 16.5. The van der Waals surface area contributed by atoms with Gasteiger partial charge in [0.2, 0.25) is 0 Å². The number of hydrogen-bond acceptors (Lipinski definition) is 6. The highest BCUT2D eigenvalue weighted by Crippen LogP contribution is 2.39. The average Bonchev–Trinajstić information content (AvgIpc) is 2.83. The minimum Gasteiger partial charge on any atom is -0.494 e. The molecule has 0 aliphatic carbocycles. The first-order valence-electron chi connectivity index (χ1n) is 10.4. The van der Waals surface area contributed by atoms with Gasteiger partial charge in [0.05, 0.1) is 37.7 Å². The molecule has 0 saturated heterocycles. The number of hydrogen-bond donors (Lipinski definition) is 1. The standard InChI is InChI=1S/C25H22N4O3/c1-15-3-5-19-18(6-8-23(31-2)24(19)28-15)16-4-7-22-20(13-16)21(10-12-32-22)29-25(30)17-9-11-26-27-14-17/h3-9,11,13-14,21H,10,12H2,1-2H3,(H,29,30). The van der Waals surface area contributed by atoms with Crippen LogP contribution in [-0.2, 0) is 0 Å². The molecule has 1 N–H and O–H groups in total. The topological polar surface area (TPSA) is 86.2 Å². The van der Waals surface area contributed by atoms with E-state index in [1.807, 2.05) is 37.3 Å². The van der Waals surface area contributed by atoms with Gasteiger partial charge in [0, 0.05) is 23.1 Å². The third-order valence-electron chi connectivity index (χ3n) is 5.69. The van der Waals surface area contributed by atoms with Crippen molar-refractivity contribution < 1.29 is 14.3 Å². The van der Waals surface area contributed by atoms with Crippen LogP contribution in [0.2, 0.25) is 0 Å². The maximum atomic E-state index is 12.7. The van der Waals surface area contributed by atoms with Gasteiger partial charge in [0.25, 0.3) is 5.91 Å². The van der Waals surface area contributed by atoms with E-state index >= 15 is 0 Å². The molecule has 1 amide bonds. The van der Waals surface area contributed by atoms with Crippen LogP contribution in [0.5, 0.6) is 11.5 Å². The van der Waals surface area contributed by atoms with Gasteiger partial charge < -0.3 is 14.8 Å². The fraction of sp³-hybridized carbons (Fsp3) is 0.200. The van der Waals surface area contributed by atoms with Gasteiger partial charge in [-0.1, -0.05) is 12.1 Å². The summed E-state index contributed by atoms with van der Waals surface area (Å²) in [5.41, 5.74) is 5.26. The molecule has 0 bridgehead atoms. The molecule has 0 spiro atoms. The van der Waals surface area contributed by atoms with Gasteiger partial charge in [-0.05, 0) is 54.4 Å². The lowest BCUT2D eigenvalue weighted by molar-refractivity contribution is 0.0924. The molecule has 1 unspecified atom stereocenters. The monoisotopic (exact) mass is 426 g/mol. The number of ether oxygens (including phenoxy) is 2. The zero-order valence-electron chi connectivity index (χ0n) is 17.8. The van der Waals surface area contributed by atoms with Crippen molar-refractivity contribution in [1.82, 2.24) is 20.5 Å². The number of carbonyl (C=O) groups excluding carboxylic acids is 1. The molecule has 2 aromatic heterocycles. The molecule has 0 fully saturated rings. The summed E-state index contributed by atoms with van der Waals surface area (Å²) in [5.74, 6) is 1.34. The van der Waals surface area contributed by atoms with E-state index in [0.29, 0.717) is 18.6 Å². The average molecular weight is 426 g/mol. The first-order chi connectivity index (χ1) is 15.6. The molecule has 0 radical (unpaired) electrons. The lowest BCUT2D eigenvalue weighted by atomic mass is 9.93. The van der Waals surface area contributed by atoms with Crippen molar-refractivity contribution in [3.05, 3.63) is 77.7 Å². The Labute approximate surface area is 185 Å². The molecule has 7 nitrogen and oxygen atoms in total. The van der Waals surface area contributed by atoms with Crippen LogP contribution >= 0.6 is 0 Å². The number of rotatable bonds is 4. The number of carbonyl (C=O) groups is 1. The Morgan fingerprint density at radius 2 is 2.03 bits per heavy atom. The normalized spacial score (nSPS) is 15.0. The van der Waals surface area contributed by atoms with Gasteiger partial charge >= 0.3 is 0 Å². The molecular weight excluding hydrogens is 404 g/mol. The first-order valence-corrected chi connectivity index (χ1v) is 10.4. The van der Waals surface area contributed by atoms with Gasteiger partial charge in [0.15, 0.2) is 0 Å². The molecule has 32 heavy (non-hydrogen) atoms. The summed E-state index contributed by atoms with van der Waals surface area (Å²) < 4.78 is 11.4. The second-order valence-electron chi connectivity index (χ2n) is 7.71. The van der Waals surface area contributed by atoms with Crippen molar-refractivity contribution in [3.8, 4) is 22.6 Å². The van der Waals surface area contributed by atoms with Gasteiger partial charge in [0.1, 0.15) is 17.0 Å². The number of fused-ring (bicyclic) bond motifs is 2. The molecule has 4 aromatic rings. The van der Waals surface area contributed by atoms with Crippen LogP contribution in [0.25, 0.3) is 22.0 Å². The van der Waals surface area contributed by atoms with Crippen molar-refractivity contribution >= 4 is 16.8 Å². The number of nitrogens with one attached hydrogen (secondary N) is 1. The summed E-state index contributed by atoms with van der Waals surface area (Å²) in [5, 5.41) is 11.7. The summed E-state index contributed by atoms with van der Waals surface area (Å²) >= 11 is 0. The number of amides is 1. The van der Waals surface area contributed by atoms with E-state index in [2.05, 4.69) is 27.6 Å². The molecule has 5 rings (SSSR count). The first kappa shape index (κ1) is 19.9. The number of benzene rings is 2. The second-order valence-corrected chi connectivity index (χ2v) is 7.71. The summed E-state index contributed by atoms with van der Waals surface area (Å²) in [7, 11) is 1.65. The SMILES string of the molecule is COc1ccc(-c2ccc3c(c2)C(NC(=O)c2ccnnc2)CCO3)c2ccc(C)nc12. The largest absolute Gasteiger partial charge is 0.494 e. The Morgan fingerprint density at radius 1 is 1.12 bits per heavy atom. The molecule has 1 atom stereocenters. The van der Waals surface area contributed by atoms with Crippen LogP contribution in [0.1, 0.15) is 34.1 Å². The molecule has 3 heterocycles. The van der Waals surface area contributed by atoms with Gasteiger partial charge in [-0.2, -0.15) is 10.2 Å². The van der Waals surface area contributed by atoms with Gasteiger partial charge in [-0.25, -0.2) is 4.98 Å². The van der Waals surface area contributed by atoms with E-state index in [1.54, 1.807) is 13.2 Å². The van der Waals surface area contributed by atoms with Crippen LogP contribution in [0.15, 0.2) is 60.9 Å². The van der Waals surface area contributed by atoms with Crippen LogP contribution in [0.4, 0.5) is 0 Å². The van der Waals surface area contributed by atoms with Crippen molar-refractivity contribution in [1.29, 1.82) is 0 Å². The van der Waals surface area contributed by atoms with E-state index in [-0.39, 0.29) is 11.9 Å². The number of pyridine rings is 1. The lowest BCUT2D eigenvalue weighted by Crippen LogP contribution is -2.32. The fourth-order valence-electron chi connectivity index (χ4n) is 4.08.